The molecule has 0 amide bonds. The molecule has 5 nitrogen and oxygen atoms in total. The summed E-state index contributed by atoms with van der Waals surface area (Å²) in [5, 5.41) is 0. The SMILES string of the molecule is O=S(=O)(Nc1cccc(-c2nc3ccccc3[nH]2)c1)c1ccc(Br)cc1. The Hall–Kier alpha value is -2.64. The fraction of sp³-hybridized carbons (Fsp3) is 0. The van der Waals surface area contributed by atoms with Gasteiger partial charge in [0.1, 0.15) is 5.82 Å². The number of nitrogens with zero attached hydrogens (tertiary/aromatic N) is 1. The van der Waals surface area contributed by atoms with E-state index in [1.54, 1.807) is 42.5 Å². The summed E-state index contributed by atoms with van der Waals surface area (Å²) in [6, 6.07) is 21.4. The van der Waals surface area contributed by atoms with Crippen LogP contribution in [0.4, 0.5) is 5.69 Å². The molecule has 130 valence electrons. The number of para-hydroxylation sites is 2. The molecule has 1 heterocycles. The van der Waals surface area contributed by atoms with Crippen molar-refractivity contribution in [1.82, 2.24) is 9.97 Å². The van der Waals surface area contributed by atoms with Crippen molar-refractivity contribution in [3.8, 4) is 11.4 Å². The number of halogens is 1. The lowest BCUT2D eigenvalue weighted by Crippen LogP contribution is -2.12. The van der Waals surface area contributed by atoms with Crippen LogP contribution in [0.25, 0.3) is 22.4 Å². The summed E-state index contributed by atoms with van der Waals surface area (Å²) in [6.45, 7) is 0. The van der Waals surface area contributed by atoms with E-state index in [0.29, 0.717) is 11.5 Å². The van der Waals surface area contributed by atoms with Gasteiger partial charge in [0.05, 0.1) is 15.9 Å². The van der Waals surface area contributed by atoms with Crippen molar-refractivity contribution in [3.63, 3.8) is 0 Å². The van der Waals surface area contributed by atoms with Gasteiger partial charge in [-0.25, -0.2) is 13.4 Å². The van der Waals surface area contributed by atoms with Gasteiger partial charge in [-0.05, 0) is 48.5 Å². The fourth-order valence-electron chi connectivity index (χ4n) is 2.65. The Balaban J connectivity index is 1.66. The van der Waals surface area contributed by atoms with Crippen LogP contribution >= 0.6 is 15.9 Å². The van der Waals surface area contributed by atoms with Gasteiger partial charge in [0.15, 0.2) is 0 Å². The van der Waals surface area contributed by atoms with Gasteiger partial charge in [-0.3, -0.25) is 4.72 Å². The number of nitrogens with one attached hydrogen (secondary N) is 2. The molecule has 0 aliphatic heterocycles. The third kappa shape index (κ3) is 3.36. The van der Waals surface area contributed by atoms with Crippen molar-refractivity contribution < 1.29 is 8.42 Å². The van der Waals surface area contributed by atoms with Crippen molar-refractivity contribution in [3.05, 3.63) is 77.3 Å². The Kier molecular flexibility index (Phi) is 4.26. The second kappa shape index (κ2) is 6.59. The number of aromatic nitrogens is 2. The molecule has 0 bridgehead atoms. The van der Waals surface area contributed by atoms with Crippen molar-refractivity contribution >= 4 is 42.7 Å². The lowest BCUT2D eigenvalue weighted by atomic mass is 10.2. The Labute approximate surface area is 159 Å². The van der Waals surface area contributed by atoms with E-state index in [9.17, 15) is 8.42 Å². The number of rotatable bonds is 4. The number of hydrogen-bond acceptors (Lipinski definition) is 3. The Bertz CT molecular complexity index is 1150. The van der Waals surface area contributed by atoms with Gasteiger partial charge >= 0.3 is 0 Å². The van der Waals surface area contributed by atoms with Gasteiger partial charge in [0.25, 0.3) is 10.0 Å². The third-order valence-corrected chi connectivity index (χ3v) is 5.83. The smallest absolute Gasteiger partial charge is 0.261 e. The van der Waals surface area contributed by atoms with Crippen molar-refractivity contribution in [2.75, 3.05) is 4.72 Å². The van der Waals surface area contributed by atoms with Crippen LogP contribution in [-0.4, -0.2) is 18.4 Å². The molecule has 0 unspecified atom stereocenters. The van der Waals surface area contributed by atoms with Crippen LogP contribution in [0.1, 0.15) is 0 Å². The van der Waals surface area contributed by atoms with E-state index >= 15 is 0 Å². The van der Waals surface area contributed by atoms with Crippen molar-refractivity contribution in [2.45, 2.75) is 4.90 Å². The van der Waals surface area contributed by atoms with Gasteiger partial charge in [-0.1, -0.05) is 40.2 Å². The molecule has 26 heavy (non-hydrogen) atoms. The largest absolute Gasteiger partial charge is 0.338 e. The monoisotopic (exact) mass is 427 g/mol. The number of sulfonamides is 1. The number of H-pyrrole nitrogens is 1. The molecule has 0 atom stereocenters. The highest BCUT2D eigenvalue weighted by Gasteiger charge is 2.14. The molecular weight excluding hydrogens is 414 g/mol. The first-order valence-electron chi connectivity index (χ1n) is 7.85. The Morgan fingerprint density at radius 1 is 0.923 bits per heavy atom. The highest BCUT2D eigenvalue weighted by molar-refractivity contribution is 9.10. The van der Waals surface area contributed by atoms with E-state index in [4.69, 9.17) is 0 Å². The molecule has 4 aromatic rings. The molecule has 0 radical (unpaired) electrons. The number of benzene rings is 3. The lowest BCUT2D eigenvalue weighted by Gasteiger charge is -2.09. The van der Waals surface area contributed by atoms with E-state index in [2.05, 4.69) is 30.6 Å². The van der Waals surface area contributed by atoms with Gasteiger partial charge in [0.2, 0.25) is 0 Å². The van der Waals surface area contributed by atoms with Crippen LogP contribution in [0.5, 0.6) is 0 Å². The summed E-state index contributed by atoms with van der Waals surface area (Å²) < 4.78 is 28.5. The third-order valence-electron chi connectivity index (χ3n) is 3.90. The van der Waals surface area contributed by atoms with E-state index in [1.807, 2.05) is 30.3 Å². The van der Waals surface area contributed by atoms with Crippen LogP contribution in [0.3, 0.4) is 0 Å². The number of hydrogen-bond donors (Lipinski definition) is 2. The van der Waals surface area contributed by atoms with Crippen LogP contribution < -0.4 is 4.72 Å². The molecule has 0 saturated heterocycles. The van der Waals surface area contributed by atoms with Crippen LogP contribution in [-0.2, 0) is 10.0 Å². The van der Waals surface area contributed by atoms with Gasteiger partial charge < -0.3 is 4.98 Å². The molecule has 0 saturated carbocycles. The highest BCUT2D eigenvalue weighted by atomic mass is 79.9. The summed E-state index contributed by atoms with van der Waals surface area (Å²) in [4.78, 5) is 8.00. The summed E-state index contributed by atoms with van der Waals surface area (Å²) in [5.41, 5.74) is 3.08. The minimum atomic E-state index is -3.66. The van der Waals surface area contributed by atoms with Gasteiger partial charge in [0, 0.05) is 15.7 Å². The first-order chi connectivity index (χ1) is 12.5. The fourth-order valence-corrected chi connectivity index (χ4v) is 3.96. The topological polar surface area (TPSA) is 74.8 Å². The zero-order chi connectivity index (χ0) is 18.1. The number of anilines is 1. The highest BCUT2D eigenvalue weighted by Crippen LogP contribution is 2.25. The summed E-state index contributed by atoms with van der Waals surface area (Å²) >= 11 is 3.30. The summed E-state index contributed by atoms with van der Waals surface area (Å²) in [7, 11) is -3.66. The minimum Gasteiger partial charge on any atom is -0.338 e. The quantitative estimate of drug-likeness (QED) is 0.491. The lowest BCUT2D eigenvalue weighted by molar-refractivity contribution is 0.601. The molecule has 0 aliphatic carbocycles. The van der Waals surface area contributed by atoms with E-state index in [0.717, 1.165) is 21.1 Å². The molecule has 2 N–H and O–H groups in total. The normalized spacial score (nSPS) is 11.6. The maximum absolute atomic E-state index is 12.6. The molecule has 1 aromatic heterocycles. The standard InChI is InChI=1S/C19H14BrN3O2S/c20-14-8-10-16(11-9-14)26(24,25)23-15-5-3-4-13(12-15)19-21-17-6-1-2-7-18(17)22-19/h1-12,23H,(H,21,22). The van der Waals surface area contributed by atoms with Gasteiger partial charge in [-0.15, -0.1) is 0 Å². The molecule has 3 aromatic carbocycles. The summed E-state index contributed by atoms with van der Waals surface area (Å²) in [5.74, 6) is 0.691. The average molecular weight is 428 g/mol. The minimum absolute atomic E-state index is 0.204. The first-order valence-corrected chi connectivity index (χ1v) is 10.1. The maximum atomic E-state index is 12.6. The predicted molar refractivity (Wildman–Crippen MR) is 106 cm³/mol. The van der Waals surface area contributed by atoms with Crippen LogP contribution in [0.2, 0.25) is 0 Å². The molecule has 0 fully saturated rings. The number of fused-ring (bicyclic) bond motifs is 1. The van der Waals surface area contributed by atoms with Gasteiger partial charge in [-0.2, -0.15) is 0 Å². The number of imidazole rings is 1. The van der Waals surface area contributed by atoms with Crippen LogP contribution in [0.15, 0.2) is 82.2 Å². The molecule has 0 spiro atoms. The van der Waals surface area contributed by atoms with E-state index < -0.39 is 10.0 Å². The van der Waals surface area contributed by atoms with Crippen molar-refractivity contribution in [2.24, 2.45) is 0 Å². The maximum Gasteiger partial charge on any atom is 0.261 e. The van der Waals surface area contributed by atoms with E-state index in [1.165, 1.54) is 0 Å². The average Bonchev–Trinajstić information content (AvgIpc) is 3.06. The number of aromatic amines is 1. The first kappa shape index (κ1) is 16.8. The zero-order valence-electron chi connectivity index (χ0n) is 13.5. The molecule has 0 aliphatic rings. The zero-order valence-corrected chi connectivity index (χ0v) is 15.9. The Morgan fingerprint density at radius 3 is 2.46 bits per heavy atom. The summed E-state index contributed by atoms with van der Waals surface area (Å²) in [6.07, 6.45) is 0. The predicted octanol–water partition coefficient (Wildman–Crippen LogP) is 4.79. The van der Waals surface area contributed by atoms with Crippen LogP contribution in [0, 0.1) is 0 Å². The molecular formula is C19H14BrN3O2S. The molecule has 4 rings (SSSR count). The molecule has 7 heteroatoms. The second-order valence-corrected chi connectivity index (χ2v) is 8.34. The van der Waals surface area contributed by atoms with E-state index in [-0.39, 0.29) is 4.90 Å². The second-order valence-electron chi connectivity index (χ2n) is 5.74. The Morgan fingerprint density at radius 2 is 1.69 bits per heavy atom. The van der Waals surface area contributed by atoms with Crippen molar-refractivity contribution in [1.29, 1.82) is 0 Å².